The van der Waals surface area contributed by atoms with E-state index in [0.717, 1.165) is 12.3 Å². The van der Waals surface area contributed by atoms with Gasteiger partial charge in [0.1, 0.15) is 0 Å². The summed E-state index contributed by atoms with van der Waals surface area (Å²) in [5.41, 5.74) is -0.546. The Kier molecular flexibility index (Phi) is 3.06. The van der Waals surface area contributed by atoms with E-state index in [2.05, 4.69) is 4.98 Å². The molecular weight excluding hydrogens is 155 g/mol. The van der Waals surface area contributed by atoms with Crippen molar-refractivity contribution in [3.05, 3.63) is 34.4 Å². The van der Waals surface area contributed by atoms with Crippen LogP contribution in [0.3, 0.4) is 0 Å². The SMILES string of the molecule is O.O=[N+]([O-])c1ccncc1F. The Morgan fingerprint density at radius 1 is 1.64 bits per heavy atom. The summed E-state index contributed by atoms with van der Waals surface area (Å²) in [6.07, 6.45) is 1.97. The predicted molar refractivity (Wildman–Crippen MR) is 34.5 cm³/mol. The number of hydrogen-bond acceptors (Lipinski definition) is 3. The molecule has 0 saturated carbocycles. The molecule has 0 bridgehead atoms. The molecule has 60 valence electrons. The van der Waals surface area contributed by atoms with Crippen molar-refractivity contribution in [1.29, 1.82) is 0 Å². The van der Waals surface area contributed by atoms with E-state index >= 15 is 0 Å². The zero-order valence-electron chi connectivity index (χ0n) is 5.32. The van der Waals surface area contributed by atoms with E-state index in [1.54, 1.807) is 0 Å². The first-order valence-electron chi connectivity index (χ1n) is 2.45. The molecule has 0 aliphatic rings. The zero-order chi connectivity index (χ0) is 7.56. The molecule has 1 rings (SSSR count). The highest BCUT2D eigenvalue weighted by Crippen LogP contribution is 2.12. The highest BCUT2D eigenvalue weighted by atomic mass is 19.1. The predicted octanol–water partition coefficient (Wildman–Crippen LogP) is 0.304. The minimum atomic E-state index is -0.910. The van der Waals surface area contributed by atoms with E-state index in [0.29, 0.717) is 0 Å². The fourth-order valence-electron chi connectivity index (χ4n) is 0.516. The van der Waals surface area contributed by atoms with Crippen LogP contribution in [0.5, 0.6) is 0 Å². The minimum Gasteiger partial charge on any atom is -0.412 e. The first kappa shape index (κ1) is 9.44. The third-order valence-electron chi connectivity index (χ3n) is 0.948. The Bertz CT molecular complexity index is 266. The molecule has 1 aromatic rings. The maximum atomic E-state index is 12.3. The topological polar surface area (TPSA) is 87.5 Å². The van der Waals surface area contributed by atoms with Gasteiger partial charge >= 0.3 is 5.69 Å². The smallest absolute Gasteiger partial charge is 0.307 e. The lowest BCUT2D eigenvalue weighted by Gasteiger charge is -1.88. The number of nitrogens with zero attached hydrogens (tertiary/aromatic N) is 2. The summed E-state index contributed by atoms with van der Waals surface area (Å²) in [5, 5.41) is 9.96. The summed E-state index contributed by atoms with van der Waals surface area (Å²) in [4.78, 5) is 12.5. The summed E-state index contributed by atoms with van der Waals surface area (Å²) in [7, 11) is 0. The van der Waals surface area contributed by atoms with Crippen LogP contribution < -0.4 is 0 Å². The van der Waals surface area contributed by atoms with Crippen molar-refractivity contribution in [3.63, 3.8) is 0 Å². The van der Waals surface area contributed by atoms with E-state index < -0.39 is 16.4 Å². The summed E-state index contributed by atoms with van der Waals surface area (Å²) in [6, 6.07) is 1.01. The normalized spacial score (nSPS) is 8.45. The van der Waals surface area contributed by atoms with Crippen molar-refractivity contribution in [3.8, 4) is 0 Å². The van der Waals surface area contributed by atoms with Crippen molar-refractivity contribution in [2.45, 2.75) is 0 Å². The largest absolute Gasteiger partial charge is 0.412 e. The summed E-state index contributed by atoms with van der Waals surface area (Å²) in [6.45, 7) is 0. The average molecular weight is 160 g/mol. The van der Waals surface area contributed by atoms with E-state index in [1.807, 2.05) is 0 Å². The maximum absolute atomic E-state index is 12.3. The Morgan fingerprint density at radius 2 is 2.27 bits per heavy atom. The van der Waals surface area contributed by atoms with Crippen molar-refractivity contribution in [1.82, 2.24) is 4.98 Å². The Hall–Kier alpha value is -1.56. The van der Waals surface area contributed by atoms with Gasteiger partial charge in [0.05, 0.1) is 11.1 Å². The zero-order valence-corrected chi connectivity index (χ0v) is 5.32. The Labute approximate surface area is 61.0 Å². The van der Waals surface area contributed by atoms with Crippen LogP contribution in [-0.4, -0.2) is 15.4 Å². The molecule has 0 aliphatic carbocycles. The van der Waals surface area contributed by atoms with Crippen molar-refractivity contribution in [2.24, 2.45) is 0 Å². The number of hydrogen-bond donors (Lipinski definition) is 0. The lowest BCUT2D eigenvalue weighted by Crippen LogP contribution is -1.91. The van der Waals surface area contributed by atoms with Gasteiger partial charge < -0.3 is 5.48 Å². The first-order chi connectivity index (χ1) is 4.72. The van der Waals surface area contributed by atoms with Crippen LogP contribution in [0.1, 0.15) is 0 Å². The van der Waals surface area contributed by atoms with Gasteiger partial charge in [0.15, 0.2) is 0 Å². The lowest BCUT2D eigenvalue weighted by atomic mass is 10.4. The van der Waals surface area contributed by atoms with Crippen LogP contribution in [0, 0.1) is 15.9 Å². The molecule has 0 radical (unpaired) electrons. The number of aromatic nitrogens is 1. The standard InChI is InChI=1S/C5H3FN2O2.H2O/c6-4-3-7-2-1-5(4)8(9)10;/h1-3H;1H2. The molecule has 0 atom stereocenters. The number of halogens is 1. The second kappa shape index (κ2) is 3.57. The second-order valence-corrected chi connectivity index (χ2v) is 1.58. The summed E-state index contributed by atoms with van der Waals surface area (Å²) in [5.74, 6) is -0.910. The molecule has 0 spiro atoms. The highest BCUT2D eigenvalue weighted by Gasteiger charge is 2.10. The van der Waals surface area contributed by atoms with Gasteiger partial charge in [-0.05, 0) is 0 Å². The number of nitro groups is 1. The molecule has 6 heteroatoms. The van der Waals surface area contributed by atoms with E-state index in [1.165, 1.54) is 6.20 Å². The third kappa shape index (κ3) is 1.94. The van der Waals surface area contributed by atoms with Crippen LogP contribution in [0.2, 0.25) is 0 Å². The average Bonchev–Trinajstić information content (AvgIpc) is 1.88. The van der Waals surface area contributed by atoms with Gasteiger partial charge in [-0.25, -0.2) is 0 Å². The fraction of sp³-hybridized carbons (Fsp3) is 0. The lowest BCUT2D eigenvalue weighted by molar-refractivity contribution is -0.387. The van der Waals surface area contributed by atoms with Crippen LogP contribution in [0.25, 0.3) is 0 Å². The molecular formula is C5H5FN2O3. The molecule has 2 N–H and O–H groups in total. The third-order valence-corrected chi connectivity index (χ3v) is 0.948. The molecule has 0 saturated heterocycles. The van der Waals surface area contributed by atoms with Gasteiger partial charge in [0, 0.05) is 12.3 Å². The van der Waals surface area contributed by atoms with E-state index in [9.17, 15) is 14.5 Å². The minimum absolute atomic E-state index is 0. The van der Waals surface area contributed by atoms with E-state index in [4.69, 9.17) is 0 Å². The molecule has 1 aromatic heterocycles. The molecule has 0 aliphatic heterocycles. The molecule has 0 amide bonds. The van der Waals surface area contributed by atoms with Gasteiger partial charge in [-0.15, -0.1) is 0 Å². The fourth-order valence-corrected chi connectivity index (χ4v) is 0.516. The van der Waals surface area contributed by atoms with E-state index in [-0.39, 0.29) is 5.48 Å². The van der Waals surface area contributed by atoms with Gasteiger partial charge in [0.2, 0.25) is 5.82 Å². The Balaban J connectivity index is 0.000001000. The molecule has 1 heterocycles. The molecule has 11 heavy (non-hydrogen) atoms. The van der Waals surface area contributed by atoms with Gasteiger partial charge in [-0.2, -0.15) is 4.39 Å². The van der Waals surface area contributed by atoms with Crippen LogP contribution in [-0.2, 0) is 0 Å². The molecule has 5 nitrogen and oxygen atoms in total. The van der Waals surface area contributed by atoms with Crippen molar-refractivity contribution in [2.75, 3.05) is 0 Å². The molecule has 0 unspecified atom stereocenters. The van der Waals surface area contributed by atoms with Gasteiger partial charge in [-0.3, -0.25) is 15.1 Å². The number of rotatable bonds is 1. The second-order valence-electron chi connectivity index (χ2n) is 1.58. The van der Waals surface area contributed by atoms with Crippen molar-refractivity contribution >= 4 is 5.69 Å². The molecule has 0 fully saturated rings. The monoisotopic (exact) mass is 160 g/mol. The molecule has 0 aromatic carbocycles. The summed E-state index contributed by atoms with van der Waals surface area (Å²) < 4.78 is 12.3. The first-order valence-corrected chi connectivity index (χ1v) is 2.45. The van der Waals surface area contributed by atoms with Crippen LogP contribution in [0.15, 0.2) is 18.5 Å². The van der Waals surface area contributed by atoms with Crippen LogP contribution in [0.4, 0.5) is 10.1 Å². The van der Waals surface area contributed by atoms with Crippen LogP contribution >= 0.6 is 0 Å². The Morgan fingerprint density at radius 3 is 2.64 bits per heavy atom. The quantitative estimate of drug-likeness (QED) is 0.437. The maximum Gasteiger partial charge on any atom is 0.307 e. The number of pyridine rings is 1. The van der Waals surface area contributed by atoms with Gasteiger partial charge in [-0.1, -0.05) is 0 Å². The van der Waals surface area contributed by atoms with Gasteiger partial charge in [0.25, 0.3) is 0 Å². The van der Waals surface area contributed by atoms with Crippen molar-refractivity contribution < 1.29 is 14.8 Å². The highest BCUT2D eigenvalue weighted by molar-refractivity contribution is 5.27. The summed E-state index contributed by atoms with van der Waals surface area (Å²) >= 11 is 0.